The highest BCUT2D eigenvalue weighted by molar-refractivity contribution is 6.31. The standard InChI is InChI=1S/C52H53N7O13/c1-25-44(61)33(19-39(71-25)72-38-21-52(69,26(2)60)20-32-41(38)48(65)43-42(46(32)63)45(62)31-9-7-11-37(70-6)40(31)47(43)64)53-22-27-12-14-28(15-13-27)54-50(67)35-18-30(24-58(35)4)56-51(68)36-17-29(23-59(36)5)55-49(66)34-10-8-16-57(34)3/h7-18,23-25,33,38-39,44,53,61,63,65,69H,19-22H2,1-6H3,(H,54,67)(H,55,66)(H,56,68)/t25?,33?,38-,39?,44?,52-/m0/s1. The zero-order valence-corrected chi connectivity index (χ0v) is 40.1. The predicted molar refractivity (Wildman–Crippen MR) is 260 cm³/mol. The number of phenolic OH excluding ortho intramolecular Hbond substituents is 2. The fraction of sp³-hybridized carbons (Fsp3) is 0.308. The van der Waals surface area contributed by atoms with Gasteiger partial charge >= 0.3 is 0 Å². The van der Waals surface area contributed by atoms with E-state index in [-0.39, 0.29) is 58.3 Å². The fourth-order valence-electron chi connectivity index (χ4n) is 9.78. The van der Waals surface area contributed by atoms with Crippen molar-refractivity contribution in [3.05, 3.63) is 141 Å². The molecule has 4 unspecified atom stereocenters. The van der Waals surface area contributed by atoms with E-state index in [0.717, 1.165) is 5.56 Å². The van der Waals surface area contributed by atoms with Crippen LogP contribution >= 0.6 is 0 Å². The minimum atomic E-state index is -2.09. The van der Waals surface area contributed by atoms with Gasteiger partial charge < -0.3 is 69.6 Å². The number of aromatic hydroxyl groups is 2. The SMILES string of the molecule is COc1cccc2c1C(=O)c1c(O)c3c(c(O)c1C2=O)C[C@@](O)(C(C)=O)C[C@@H]3OC1CC(NCc2ccc(NC(=O)c3cc(NC(=O)c4cc(NC(=O)c5cccn5C)cn4C)cn3C)cc2)C(O)C(C)O1. The van der Waals surface area contributed by atoms with Gasteiger partial charge in [-0.1, -0.05) is 24.3 Å². The quantitative estimate of drug-likeness (QED) is 0.0732. The highest BCUT2D eigenvalue weighted by Gasteiger charge is 2.49. The summed E-state index contributed by atoms with van der Waals surface area (Å²) in [5.74, 6) is -4.62. The number of rotatable bonds is 13. The van der Waals surface area contributed by atoms with Crippen LogP contribution < -0.4 is 26.0 Å². The van der Waals surface area contributed by atoms with E-state index < -0.39 is 101 Å². The van der Waals surface area contributed by atoms with E-state index in [4.69, 9.17) is 14.2 Å². The van der Waals surface area contributed by atoms with Gasteiger partial charge in [0.2, 0.25) is 5.78 Å². The number of benzene rings is 3. The molecule has 3 aliphatic rings. The van der Waals surface area contributed by atoms with Gasteiger partial charge in [-0.15, -0.1) is 0 Å². The molecule has 374 valence electrons. The summed E-state index contributed by atoms with van der Waals surface area (Å²) in [6.07, 6.45) is -0.0794. The number of fused-ring (bicyclic) bond motifs is 3. The number of hydrogen-bond acceptors (Lipinski definition) is 14. The van der Waals surface area contributed by atoms with Crippen LogP contribution in [0.5, 0.6) is 17.2 Å². The zero-order valence-electron chi connectivity index (χ0n) is 40.1. The van der Waals surface area contributed by atoms with Crippen LogP contribution in [0.4, 0.5) is 17.1 Å². The molecule has 0 bridgehead atoms. The van der Waals surface area contributed by atoms with E-state index in [2.05, 4.69) is 21.3 Å². The van der Waals surface area contributed by atoms with Crippen molar-refractivity contribution in [3.63, 3.8) is 0 Å². The molecule has 6 aromatic rings. The molecule has 0 radical (unpaired) electrons. The molecule has 6 atom stereocenters. The van der Waals surface area contributed by atoms with Crippen LogP contribution in [0.1, 0.15) is 113 Å². The first-order chi connectivity index (χ1) is 34.3. The lowest BCUT2D eigenvalue weighted by atomic mass is 9.72. The number of phenols is 2. The van der Waals surface area contributed by atoms with E-state index in [1.807, 2.05) is 0 Å². The first kappa shape index (κ1) is 49.1. The van der Waals surface area contributed by atoms with Gasteiger partial charge in [0.1, 0.15) is 39.9 Å². The Kier molecular flexibility index (Phi) is 13.0. The summed E-state index contributed by atoms with van der Waals surface area (Å²) in [6.45, 7) is 3.07. The average Bonchev–Trinajstić information content (AvgIpc) is 4.06. The molecule has 3 amide bonds. The van der Waals surface area contributed by atoms with Crippen molar-refractivity contribution in [1.29, 1.82) is 0 Å². The zero-order chi connectivity index (χ0) is 51.5. The first-order valence-electron chi connectivity index (χ1n) is 23.1. The number of ketones is 3. The predicted octanol–water partition coefficient (Wildman–Crippen LogP) is 4.63. The van der Waals surface area contributed by atoms with Crippen molar-refractivity contribution < 1.29 is 63.4 Å². The topological polar surface area (TPSA) is 274 Å². The number of carbonyl (C=O) groups is 6. The van der Waals surface area contributed by atoms with Crippen LogP contribution in [0.15, 0.2) is 85.3 Å². The van der Waals surface area contributed by atoms with Crippen molar-refractivity contribution in [2.75, 3.05) is 23.1 Å². The van der Waals surface area contributed by atoms with Gasteiger partial charge in [-0.05, 0) is 61.9 Å². The van der Waals surface area contributed by atoms with Crippen LogP contribution in [-0.2, 0) is 48.4 Å². The van der Waals surface area contributed by atoms with E-state index in [1.54, 1.807) is 109 Å². The monoisotopic (exact) mass is 983 g/mol. The summed E-state index contributed by atoms with van der Waals surface area (Å²) in [5.41, 5.74) is -0.278. The van der Waals surface area contributed by atoms with Crippen LogP contribution in [0, 0.1) is 0 Å². The van der Waals surface area contributed by atoms with E-state index in [9.17, 15) is 49.2 Å². The maximum Gasteiger partial charge on any atom is 0.272 e. The van der Waals surface area contributed by atoms with Gasteiger partial charge in [-0.3, -0.25) is 28.8 Å². The fourth-order valence-corrected chi connectivity index (χ4v) is 9.78. The Morgan fingerprint density at radius 3 is 1.99 bits per heavy atom. The van der Waals surface area contributed by atoms with E-state index in [1.165, 1.54) is 32.2 Å². The van der Waals surface area contributed by atoms with Crippen molar-refractivity contribution >= 4 is 52.1 Å². The highest BCUT2D eigenvalue weighted by Crippen LogP contribution is 2.52. The molecule has 72 heavy (non-hydrogen) atoms. The van der Waals surface area contributed by atoms with Crippen molar-refractivity contribution in [2.45, 2.75) is 75.9 Å². The average molecular weight is 984 g/mol. The molecule has 8 N–H and O–H groups in total. The summed E-state index contributed by atoms with van der Waals surface area (Å²) in [7, 11) is 6.44. The lowest BCUT2D eigenvalue weighted by Gasteiger charge is -2.43. The van der Waals surface area contributed by atoms with Crippen molar-refractivity contribution in [1.82, 2.24) is 19.0 Å². The number of Topliss-reactive ketones (excluding diaryl/α,β-unsaturated/α-hetero) is 1. The number of amides is 3. The Hall–Kier alpha value is -7.88. The molecule has 3 aromatic heterocycles. The minimum Gasteiger partial charge on any atom is -0.507 e. The van der Waals surface area contributed by atoms with Gasteiger partial charge in [0.25, 0.3) is 17.7 Å². The van der Waals surface area contributed by atoms with Crippen LogP contribution in [0.2, 0.25) is 0 Å². The van der Waals surface area contributed by atoms with Crippen LogP contribution in [0.3, 0.4) is 0 Å². The third kappa shape index (κ3) is 8.94. The number of methoxy groups -OCH3 is 1. The molecule has 0 spiro atoms. The molecule has 3 aromatic carbocycles. The molecule has 1 fully saturated rings. The molecule has 2 aliphatic carbocycles. The lowest BCUT2D eigenvalue weighted by molar-refractivity contribution is -0.249. The Balaban J connectivity index is 0.845. The summed E-state index contributed by atoms with van der Waals surface area (Å²) in [5, 5.41) is 58.3. The number of nitrogens with zero attached hydrogens (tertiary/aromatic N) is 3. The Bertz CT molecular complexity index is 3210. The summed E-state index contributed by atoms with van der Waals surface area (Å²) in [6, 6.07) is 17.3. The number of ether oxygens (including phenoxy) is 3. The molecular formula is C52H53N7O13. The lowest BCUT2D eigenvalue weighted by Crippen LogP contribution is -2.54. The van der Waals surface area contributed by atoms with Crippen molar-refractivity contribution in [2.24, 2.45) is 21.1 Å². The second kappa shape index (κ2) is 19.0. The molecule has 4 heterocycles. The molecule has 9 rings (SSSR count). The third-order valence-electron chi connectivity index (χ3n) is 13.7. The molecule has 1 saturated heterocycles. The molecule has 0 saturated carbocycles. The number of nitrogens with one attached hydrogen (secondary N) is 4. The second-order valence-corrected chi connectivity index (χ2v) is 18.5. The number of aliphatic hydroxyl groups excluding tert-OH is 1. The van der Waals surface area contributed by atoms with Gasteiger partial charge in [0.15, 0.2) is 17.9 Å². The van der Waals surface area contributed by atoms with Gasteiger partial charge in [0, 0.05) is 94.0 Å². The normalized spacial score (nSPS) is 21.3. The maximum atomic E-state index is 14.0. The van der Waals surface area contributed by atoms with Gasteiger partial charge in [-0.25, -0.2) is 0 Å². The molecular weight excluding hydrogens is 931 g/mol. The highest BCUT2D eigenvalue weighted by atomic mass is 16.7. The number of carbonyl (C=O) groups excluding carboxylic acids is 6. The van der Waals surface area contributed by atoms with Crippen LogP contribution in [0.25, 0.3) is 0 Å². The van der Waals surface area contributed by atoms with Gasteiger partial charge in [-0.2, -0.15) is 0 Å². The van der Waals surface area contributed by atoms with Crippen molar-refractivity contribution in [3.8, 4) is 17.2 Å². The van der Waals surface area contributed by atoms with E-state index in [0.29, 0.717) is 22.8 Å². The largest absolute Gasteiger partial charge is 0.507 e. The minimum absolute atomic E-state index is 0.0435. The summed E-state index contributed by atoms with van der Waals surface area (Å²) in [4.78, 5) is 80.3. The number of aryl methyl sites for hydroxylation is 3. The molecule has 1 aliphatic heterocycles. The smallest absolute Gasteiger partial charge is 0.272 e. The number of aliphatic hydroxyl groups is 2. The molecule has 20 heteroatoms. The Labute approximate surface area is 412 Å². The second-order valence-electron chi connectivity index (χ2n) is 18.5. The Morgan fingerprint density at radius 2 is 1.39 bits per heavy atom. The van der Waals surface area contributed by atoms with Gasteiger partial charge in [0.05, 0.1) is 53.5 Å². The maximum absolute atomic E-state index is 14.0. The number of aromatic nitrogens is 3. The Morgan fingerprint density at radius 1 is 0.778 bits per heavy atom. The summed E-state index contributed by atoms with van der Waals surface area (Å²) < 4.78 is 22.7. The van der Waals surface area contributed by atoms with Crippen LogP contribution in [-0.4, -0.2) is 106 Å². The number of hydrogen-bond donors (Lipinski definition) is 8. The molecule has 20 nitrogen and oxygen atoms in total. The first-order valence-corrected chi connectivity index (χ1v) is 23.1. The van der Waals surface area contributed by atoms with E-state index >= 15 is 0 Å². The summed E-state index contributed by atoms with van der Waals surface area (Å²) >= 11 is 0. The third-order valence-corrected chi connectivity index (χ3v) is 13.7. The number of anilines is 3.